The quantitative estimate of drug-likeness (QED) is 0.832. The van der Waals surface area contributed by atoms with E-state index in [0.717, 1.165) is 0 Å². The van der Waals surface area contributed by atoms with Crippen LogP contribution in [0.15, 0.2) is 48.5 Å². The maximum atomic E-state index is 13.4. The first kappa shape index (κ1) is 16.5. The van der Waals surface area contributed by atoms with Gasteiger partial charge in [-0.05, 0) is 36.8 Å². The number of rotatable bonds is 6. The molecule has 120 valence electrons. The van der Waals surface area contributed by atoms with Gasteiger partial charge in [-0.2, -0.15) is 0 Å². The summed E-state index contributed by atoms with van der Waals surface area (Å²) in [6.45, 7) is 0.860. The molecule has 0 bridgehead atoms. The summed E-state index contributed by atoms with van der Waals surface area (Å²) in [4.78, 5) is 23.1. The number of amides is 1. The van der Waals surface area contributed by atoms with Crippen molar-refractivity contribution in [2.24, 2.45) is 0 Å². The fourth-order valence-corrected chi connectivity index (χ4v) is 1.71. The number of aryl methyl sites for hydroxylation is 1. The number of carbonyl (C=O) groups is 2. The molecule has 0 atom stereocenters. The van der Waals surface area contributed by atoms with Gasteiger partial charge < -0.3 is 14.8 Å². The van der Waals surface area contributed by atoms with Gasteiger partial charge in [0.1, 0.15) is 11.6 Å². The van der Waals surface area contributed by atoms with Crippen LogP contribution in [0.1, 0.15) is 5.56 Å². The number of hydrogen-bond acceptors (Lipinski definition) is 4. The maximum Gasteiger partial charge on any atom is 0.344 e. The standard InChI is InChI=1S/C17H16FNO4/c1-12-7-8-13(9-15(12)18)19-16(20)10-23-17(21)11-22-14-5-3-2-4-6-14/h2-9H,10-11H2,1H3,(H,19,20). The fourth-order valence-electron chi connectivity index (χ4n) is 1.71. The Morgan fingerprint density at radius 2 is 1.83 bits per heavy atom. The number of benzene rings is 2. The summed E-state index contributed by atoms with van der Waals surface area (Å²) in [6, 6.07) is 13.1. The highest BCUT2D eigenvalue weighted by molar-refractivity contribution is 5.92. The van der Waals surface area contributed by atoms with Gasteiger partial charge in [-0.1, -0.05) is 24.3 Å². The third-order valence-corrected chi connectivity index (χ3v) is 2.92. The molecule has 0 unspecified atom stereocenters. The Morgan fingerprint density at radius 1 is 1.09 bits per heavy atom. The zero-order valence-electron chi connectivity index (χ0n) is 12.5. The molecule has 0 aliphatic rings. The van der Waals surface area contributed by atoms with E-state index in [1.165, 1.54) is 6.07 Å². The molecule has 0 aliphatic carbocycles. The Morgan fingerprint density at radius 3 is 2.52 bits per heavy atom. The topological polar surface area (TPSA) is 64.6 Å². The number of nitrogens with one attached hydrogen (secondary N) is 1. The van der Waals surface area contributed by atoms with Crippen LogP contribution in [0.3, 0.4) is 0 Å². The predicted molar refractivity (Wildman–Crippen MR) is 82.7 cm³/mol. The lowest BCUT2D eigenvalue weighted by atomic mass is 10.2. The van der Waals surface area contributed by atoms with Gasteiger partial charge in [0.25, 0.3) is 5.91 Å². The van der Waals surface area contributed by atoms with Gasteiger partial charge in [-0.25, -0.2) is 9.18 Å². The maximum absolute atomic E-state index is 13.4. The molecule has 0 aromatic heterocycles. The predicted octanol–water partition coefficient (Wildman–Crippen LogP) is 2.69. The molecule has 5 nitrogen and oxygen atoms in total. The molecule has 23 heavy (non-hydrogen) atoms. The van der Waals surface area contributed by atoms with Crippen LogP contribution >= 0.6 is 0 Å². The van der Waals surface area contributed by atoms with E-state index in [4.69, 9.17) is 9.47 Å². The number of esters is 1. The second kappa shape index (κ2) is 7.93. The van der Waals surface area contributed by atoms with Crippen LogP contribution in [0.25, 0.3) is 0 Å². The molecule has 0 heterocycles. The van der Waals surface area contributed by atoms with Crippen molar-refractivity contribution in [1.29, 1.82) is 0 Å². The molecule has 2 aromatic rings. The minimum absolute atomic E-state index is 0.295. The Labute approximate surface area is 133 Å². The van der Waals surface area contributed by atoms with Crippen molar-refractivity contribution in [2.75, 3.05) is 18.5 Å². The fraction of sp³-hybridized carbons (Fsp3) is 0.176. The van der Waals surface area contributed by atoms with Gasteiger partial charge in [0.15, 0.2) is 13.2 Å². The van der Waals surface area contributed by atoms with Gasteiger partial charge in [0.2, 0.25) is 0 Å². The molecular weight excluding hydrogens is 301 g/mol. The third kappa shape index (κ3) is 5.43. The smallest absolute Gasteiger partial charge is 0.344 e. The summed E-state index contributed by atoms with van der Waals surface area (Å²) >= 11 is 0. The van der Waals surface area contributed by atoms with E-state index in [1.54, 1.807) is 43.3 Å². The first-order valence-corrected chi connectivity index (χ1v) is 6.94. The lowest BCUT2D eigenvalue weighted by molar-refractivity contribution is -0.149. The highest BCUT2D eigenvalue weighted by Gasteiger charge is 2.09. The monoisotopic (exact) mass is 317 g/mol. The second-order valence-electron chi connectivity index (χ2n) is 4.77. The summed E-state index contributed by atoms with van der Waals surface area (Å²) < 4.78 is 23.3. The van der Waals surface area contributed by atoms with Crippen molar-refractivity contribution < 1.29 is 23.5 Å². The Kier molecular flexibility index (Phi) is 5.68. The Bertz CT molecular complexity index is 688. The van der Waals surface area contributed by atoms with Crippen LogP contribution in [0.5, 0.6) is 5.75 Å². The number of carbonyl (C=O) groups excluding carboxylic acids is 2. The van der Waals surface area contributed by atoms with E-state index in [9.17, 15) is 14.0 Å². The van der Waals surface area contributed by atoms with Crippen molar-refractivity contribution in [1.82, 2.24) is 0 Å². The number of ether oxygens (including phenoxy) is 2. The molecule has 6 heteroatoms. The van der Waals surface area contributed by atoms with Gasteiger partial charge in [-0.3, -0.25) is 4.79 Å². The highest BCUT2D eigenvalue weighted by atomic mass is 19.1. The first-order valence-electron chi connectivity index (χ1n) is 6.94. The third-order valence-electron chi connectivity index (χ3n) is 2.92. The summed E-state index contributed by atoms with van der Waals surface area (Å²) in [5, 5.41) is 2.44. The van der Waals surface area contributed by atoms with E-state index in [1.807, 2.05) is 6.07 Å². The van der Waals surface area contributed by atoms with Gasteiger partial charge in [-0.15, -0.1) is 0 Å². The second-order valence-corrected chi connectivity index (χ2v) is 4.77. The van der Waals surface area contributed by atoms with Crippen molar-refractivity contribution in [2.45, 2.75) is 6.92 Å². The van der Waals surface area contributed by atoms with Gasteiger partial charge in [0.05, 0.1) is 0 Å². The highest BCUT2D eigenvalue weighted by Crippen LogP contribution is 2.13. The summed E-state index contributed by atoms with van der Waals surface area (Å²) in [7, 11) is 0. The minimum atomic E-state index is -0.668. The van der Waals surface area contributed by atoms with Gasteiger partial charge in [0, 0.05) is 5.69 Å². The van der Waals surface area contributed by atoms with Crippen LogP contribution in [-0.2, 0) is 14.3 Å². The van der Waals surface area contributed by atoms with Crippen molar-refractivity contribution in [3.05, 3.63) is 59.9 Å². The Balaban J connectivity index is 1.73. The van der Waals surface area contributed by atoms with Crippen LogP contribution in [0.2, 0.25) is 0 Å². The average Bonchev–Trinajstić information content (AvgIpc) is 2.55. The minimum Gasteiger partial charge on any atom is -0.482 e. The van der Waals surface area contributed by atoms with Crippen LogP contribution in [-0.4, -0.2) is 25.1 Å². The number of anilines is 1. The molecule has 0 radical (unpaired) electrons. The van der Waals surface area contributed by atoms with E-state index in [0.29, 0.717) is 17.0 Å². The van der Waals surface area contributed by atoms with Crippen LogP contribution < -0.4 is 10.1 Å². The lowest BCUT2D eigenvalue weighted by Crippen LogP contribution is -2.23. The van der Waals surface area contributed by atoms with Gasteiger partial charge >= 0.3 is 5.97 Å². The molecule has 0 aliphatic heterocycles. The normalized spacial score (nSPS) is 10.0. The molecule has 0 saturated carbocycles. The summed E-state index contributed by atoms with van der Waals surface area (Å²) in [5.74, 6) is -1.11. The average molecular weight is 317 g/mol. The molecule has 1 N–H and O–H groups in total. The zero-order valence-corrected chi connectivity index (χ0v) is 12.5. The van der Waals surface area contributed by atoms with E-state index < -0.39 is 24.3 Å². The largest absolute Gasteiger partial charge is 0.482 e. The Hall–Kier alpha value is -2.89. The lowest BCUT2D eigenvalue weighted by Gasteiger charge is -2.08. The van der Waals surface area contributed by atoms with Crippen molar-refractivity contribution in [3.8, 4) is 5.75 Å². The van der Waals surface area contributed by atoms with Crippen LogP contribution in [0.4, 0.5) is 10.1 Å². The molecule has 0 fully saturated rings. The van der Waals surface area contributed by atoms with E-state index in [2.05, 4.69) is 5.32 Å². The molecule has 1 amide bonds. The summed E-state index contributed by atoms with van der Waals surface area (Å²) in [5.41, 5.74) is 0.780. The number of hydrogen-bond donors (Lipinski definition) is 1. The molecular formula is C17H16FNO4. The van der Waals surface area contributed by atoms with Crippen molar-refractivity contribution >= 4 is 17.6 Å². The SMILES string of the molecule is Cc1ccc(NC(=O)COC(=O)COc2ccccc2)cc1F. The molecule has 2 aromatic carbocycles. The van der Waals surface area contributed by atoms with E-state index >= 15 is 0 Å². The first-order chi connectivity index (χ1) is 11.0. The molecule has 0 spiro atoms. The number of halogens is 1. The summed E-state index contributed by atoms with van der Waals surface area (Å²) in [6.07, 6.45) is 0. The zero-order chi connectivity index (χ0) is 16.7. The van der Waals surface area contributed by atoms with Crippen LogP contribution in [0, 0.1) is 12.7 Å². The molecule has 0 saturated heterocycles. The molecule has 2 rings (SSSR count). The van der Waals surface area contributed by atoms with Crippen molar-refractivity contribution in [3.63, 3.8) is 0 Å². The number of para-hydroxylation sites is 1. The van der Waals surface area contributed by atoms with E-state index in [-0.39, 0.29) is 6.61 Å².